The van der Waals surface area contributed by atoms with Crippen LogP contribution in [0.25, 0.3) is 0 Å². The van der Waals surface area contributed by atoms with Crippen LogP contribution in [0.1, 0.15) is 29.8 Å². The Morgan fingerprint density at radius 1 is 0.957 bits per heavy atom. The van der Waals surface area contributed by atoms with Crippen molar-refractivity contribution in [3.05, 3.63) is 53.6 Å². The molecule has 3 N–H and O–H groups in total. The minimum Gasteiger partial charge on any atom is -0.507 e. The van der Waals surface area contributed by atoms with Crippen LogP contribution >= 0.6 is 0 Å². The van der Waals surface area contributed by atoms with Crippen molar-refractivity contribution in [2.45, 2.75) is 20.8 Å². The third-order valence-corrected chi connectivity index (χ3v) is 3.33. The van der Waals surface area contributed by atoms with E-state index in [2.05, 4.69) is 10.6 Å². The lowest BCUT2D eigenvalue weighted by molar-refractivity contribution is -0.118. The summed E-state index contributed by atoms with van der Waals surface area (Å²) in [7, 11) is 0. The number of rotatable bonds is 4. The molecule has 0 atom stereocenters. The van der Waals surface area contributed by atoms with Crippen molar-refractivity contribution in [2.75, 3.05) is 10.6 Å². The Morgan fingerprint density at radius 3 is 2.09 bits per heavy atom. The van der Waals surface area contributed by atoms with Gasteiger partial charge < -0.3 is 15.7 Å². The fourth-order valence-corrected chi connectivity index (χ4v) is 1.95. The normalized spacial score (nSPS) is 10.4. The van der Waals surface area contributed by atoms with E-state index in [0.29, 0.717) is 11.4 Å². The lowest BCUT2D eigenvalue weighted by atomic mass is 10.1. The van der Waals surface area contributed by atoms with Gasteiger partial charge in [0, 0.05) is 17.3 Å². The maximum atomic E-state index is 12.2. The van der Waals surface area contributed by atoms with Gasteiger partial charge in [0.1, 0.15) is 5.75 Å². The molecule has 0 aliphatic carbocycles. The summed E-state index contributed by atoms with van der Waals surface area (Å²) in [5.74, 6) is -0.607. The van der Waals surface area contributed by atoms with Crippen LogP contribution in [0.5, 0.6) is 5.75 Å². The van der Waals surface area contributed by atoms with E-state index in [1.54, 1.807) is 36.4 Å². The number of phenolic OH excluding ortho intramolecular Hbond substituents is 1. The quantitative estimate of drug-likeness (QED) is 0.808. The zero-order valence-electron chi connectivity index (χ0n) is 13.4. The summed E-state index contributed by atoms with van der Waals surface area (Å²) in [6.45, 7) is 5.49. The van der Waals surface area contributed by atoms with Gasteiger partial charge in [-0.05, 0) is 43.3 Å². The van der Waals surface area contributed by atoms with E-state index in [9.17, 15) is 14.7 Å². The number of nitrogens with one attached hydrogen (secondary N) is 2. The summed E-state index contributed by atoms with van der Waals surface area (Å²) in [5.41, 5.74) is 2.36. The Labute approximate surface area is 135 Å². The number of carbonyl (C=O) groups excluding carboxylic acids is 2. The molecule has 2 aromatic carbocycles. The van der Waals surface area contributed by atoms with Crippen molar-refractivity contribution in [3.8, 4) is 5.75 Å². The number of aromatic hydroxyl groups is 1. The molecule has 0 saturated heterocycles. The topological polar surface area (TPSA) is 78.4 Å². The van der Waals surface area contributed by atoms with Crippen molar-refractivity contribution in [3.63, 3.8) is 0 Å². The van der Waals surface area contributed by atoms with Crippen LogP contribution in [-0.4, -0.2) is 16.9 Å². The van der Waals surface area contributed by atoms with E-state index in [-0.39, 0.29) is 29.0 Å². The molecule has 5 nitrogen and oxygen atoms in total. The van der Waals surface area contributed by atoms with Crippen LogP contribution in [-0.2, 0) is 4.79 Å². The van der Waals surface area contributed by atoms with E-state index in [1.807, 2.05) is 20.8 Å². The zero-order valence-corrected chi connectivity index (χ0v) is 13.4. The first kappa shape index (κ1) is 16.5. The molecule has 0 heterocycles. The third kappa shape index (κ3) is 4.32. The van der Waals surface area contributed by atoms with Gasteiger partial charge in [-0.15, -0.1) is 0 Å². The summed E-state index contributed by atoms with van der Waals surface area (Å²) in [5, 5.41) is 15.3. The van der Waals surface area contributed by atoms with Crippen molar-refractivity contribution in [2.24, 2.45) is 5.92 Å². The highest BCUT2D eigenvalue weighted by molar-refractivity contribution is 6.06. The molecule has 120 valence electrons. The fourth-order valence-electron chi connectivity index (χ4n) is 1.95. The largest absolute Gasteiger partial charge is 0.507 e. The molecule has 0 aromatic heterocycles. The molecular weight excluding hydrogens is 292 g/mol. The van der Waals surface area contributed by atoms with Gasteiger partial charge >= 0.3 is 0 Å². The standard InChI is InChI=1S/C18H20N2O3/c1-11(2)17(22)19-13-5-7-14(8-6-13)20-18(23)15-10-12(3)4-9-16(15)21/h4-11,21H,1-3H3,(H,19,22)(H,20,23). The van der Waals surface area contributed by atoms with E-state index in [4.69, 9.17) is 0 Å². The Bertz CT molecular complexity index is 722. The van der Waals surface area contributed by atoms with E-state index < -0.39 is 0 Å². The molecule has 2 aromatic rings. The molecular formula is C18H20N2O3. The smallest absolute Gasteiger partial charge is 0.259 e. The molecule has 0 aliphatic heterocycles. The maximum Gasteiger partial charge on any atom is 0.259 e. The number of hydrogen-bond donors (Lipinski definition) is 3. The Morgan fingerprint density at radius 2 is 1.52 bits per heavy atom. The summed E-state index contributed by atoms with van der Waals surface area (Å²) in [6, 6.07) is 11.7. The minimum atomic E-state index is -0.384. The molecule has 0 spiro atoms. The molecule has 0 saturated carbocycles. The molecule has 0 radical (unpaired) electrons. The number of benzene rings is 2. The van der Waals surface area contributed by atoms with Crippen LogP contribution < -0.4 is 10.6 Å². The van der Waals surface area contributed by atoms with E-state index in [0.717, 1.165) is 5.56 Å². The highest BCUT2D eigenvalue weighted by atomic mass is 16.3. The van der Waals surface area contributed by atoms with Crippen LogP contribution in [0.3, 0.4) is 0 Å². The summed E-state index contributed by atoms with van der Waals surface area (Å²) >= 11 is 0. The van der Waals surface area contributed by atoms with Crippen LogP contribution in [0.15, 0.2) is 42.5 Å². The van der Waals surface area contributed by atoms with Gasteiger partial charge in [0.05, 0.1) is 5.56 Å². The van der Waals surface area contributed by atoms with Gasteiger partial charge in [-0.2, -0.15) is 0 Å². The van der Waals surface area contributed by atoms with E-state index >= 15 is 0 Å². The number of hydrogen-bond acceptors (Lipinski definition) is 3. The molecule has 0 unspecified atom stereocenters. The zero-order chi connectivity index (χ0) is 17.0. The monoisotopic (exact) mass is 312 g/mol. The first-order chi connectivity index (χ1) is 10.9. The average molecular weight is 312 g/mol. The van der Waals surface area contributed by atoms with Crippen molar-refractivity contribution < 1.29 is 14.7 Å². The first-order valence-corrected chi connectivity index (χ1v) is 7.38. The van der Waals surface area contributed by atoms with Crippen molar-refractivity contribution in [1.82, 2.24) is 0 Å². The first-order valence-electron chi connectivity index (χ1n) is 7.38. The molecule has 23 heavy (non-hydrogen) atoms. The van der Waals surface area contributed by atoms with Gasteiger partial charge in [0.2, 0.25) is 5.91 Å². The van der Waals surface area contributed by atoms with E-state index in [1.165, 1.54) is 6.07 Å². The molecule has 2 amide bonds. The molecule has 0 fully saturated rings. The SMILES string of the molecule is Cc1ccc(O)c(C(=O)Nc2ccc(NC(=O)C(C)C)cc2)c1. The molecule has 0 aliphatic rings. The van der Waals surface area contributed by atoms with Crippen molar-refractivity contribution >= 4 is 23.2 Å². The highest BCUT2D eigenvalue weighted by Crippen LogP contribution is 2.21. The predicted octanol–water partition coefficient (Wildman–Crippen LogP) is 3.55. The Kier molecular flexibility index (Phi) is 5.01. The number of anilines is 2. The number of phenols is 1. The summed E-state index contributed by atoms with van der Waals surface area (Å²) < 4.78 is 0. The summed E-state index contributed by atoms with van der Waals surface area (Å²) in [6.07, 6.45) is 0. The van der Waals surface area contributed by atoms with Crippen LogP contribution in [0.4, 0.5) is 11.4 Å². The average Bonchev–Trinajstić information content (AvgIpc) is 2.51. The maximum absolute atomic E-state index is 12.2. The van der Waals surface area contributed by atoms with Gasteiger partial charge in [-0.3, -0.25) is 9.59 Å². The second kappa shape index (κ2) is 6.96. The third-order valence-electron chi connectivity index (χ3n) is 3.33. The second-order valence-electron chi connectivity index (χ2n) is 5.70. The highest BCUT2D eigenvalue weighted by Gasteiger charge is 2.12. The van der Waals surface area contributed by atoms with Crippen LogP contribution in [0.2, 0.25) is 0 Å². The number of carbonyl (C=O) groups is 2. The molecule has 0 bridgehead atoms. The van der Waals surface area contributed by atoms with Gasteiger partial charge in [0.15, 0.2) is 0 Å². The fraction of sp³-hybridized carbons (Fsp3) is 0.222. The molecule has 5 heteroatoms. The van der Waals surface area contributed by atoms with Gasteiger partial charge in [0.25, 0.3) is 5.91 Å². The van der Waals surface area contributed by atoms with Crippen LogP contribution in [0, 0.1) is 12.8 Å². The Balaban J connectivity index is 2.07. The van der Waals surface area contributed by atoms with Gasteiger partial charge in [-0.25, -0.2) is 0 Å². The number of amides is 2. The predicted molar refractivity (Wildman–Crippen MR) is 90.7 cm³/mol. The van der Waals surface area contributed by atoms with Crippen molar-refractivity contribution in [1.29, 1.82) is 0 Å². The lowest BCUT2D eigenvalue weighted by Crippen LogP contribution is -2.17. The minimum absolute atomic E-state index is 0.0612. The van der Waals surface area contributed by atoms with Gasteiger partial charge in [-0.1, -0.05) is 25.5 Å². The molecule has 2 rings (SSSR count). The second-order valence-corrected chi connectivity index (χ2v) is 5.70. The lowest BCUT2D eigenvalue weighted by Gasteiger charge is -2.10. The number of aryl methyl sites for hydroxylation is 1. The summed E-state index contributed by atoms with van der Waals surface area (Å²) in [4.78, 5) is 23.8. The Hall–Kier alpha value is -2.82.